The normalized spacial score (nSPS) is 10.9. The monoisotopic (exact) mass is 263 g/mol. The SMILES string of the molecule is Cc1ccc(C)c(Cn2ccc3cccc(C=O)c32)c1. The minimum atomic E-state index is 0.748. The number of nitrogens with zero attached hydrogens (tertiary/aromatic N) is 1. The van der Waals surface area contributed by atoms with Gasteiger partial charge >= 0.3 is 0 Å². The minimum Gasteiger partial charge on any atom is -0.342 e. The standard InChI is InChI=1S/C18H17NO/c1-13-6-7-14(2)17(10-13)11-19-9-8-15-4-3-5-16(12-20)18(15)19/h3-10,12H,11H2,1-2H3. The number of hydrogen-bond donors (Lipinski definition) is 0. The Balaban J connectivity index is 2.11. The van der Waals surface area contributed by atoms with Crippen LogP contribution in [-0.2, 0) is 6.54 Å². The Labute approximate surface area is 118 Å². The van der Waals surface area contributed by atoms with Crippen molar-refractivity contribution in [1.29, 1.82) is 0 Å². The molecule has 0 unspecified atom stereocenters. The zero-order valence-electron chi connectivity index (χ0n) is 11.8. The van der Waals surface area contributed by atoms with Crippen molar-refractivity contribution in [2.75, 3.05) is 0 Å². The molecule has 0 radical (unpaired) electrons. The van der Waals surface area contributed by atoms with Gasteiger partial charge in [-0.25, -0.2) is 0 Å². The second-order valence-corrected chi connectivity index (χ2v) is 5.28. The Morgan fingerprint density at radius 3 is 2.75 bits per heavy atom. The number of aldehydes is 1. The highest BCUT2D eigenvalue weighted by Crippen LogP contribution is 2.21. The van der Waals surface area contributed by atoms with Crippen LogP contribution in [0.2, 0.25) is 0 Å². The third-order valence-corrected chi connectivity index (χ3v) is 3.79. The molecule has 100 valence electrons. The van der Waals surface area contributed by atoms with E-state index in [9.17, 15) is 4.79 Å². The van der Waals surface area contributed by atoms with E-state index in [0.29, 0.717) is 0 Å². The maximum Gasteiger partial charge on any atom is 0.152 e. The van der Waals surface area contributed by atoms with E-state index in [1.54, 1.807) is 0 Å². The smallest absolute Gasteiger partial charge is 0.152 e. The maximum atomic E-state index is 11.2. The second kappa shape index (κ2) is 4.97. The van der Waals surface area contributed by atoms with Crippen LogP contribution in [0.1, 0.15) is 27.0 Å². The van der Waals surface area contributed by atoms with Crippen molar-refractivity contribution in [2.24, 2.45) is 0 Å². The fraction of sp³-hybridized carbons (Fsp3) is 0.167. The molecule has 0 bridgehead atoms. The van der Waals surface area contributed by atoms with Gasteiger partial charge in [0.1, 0.15) is 0 Å². The highest BCUT2D eigenvalue weighted by molar-refractivity contribution is 5.96. The lowest BCUT2D eigenvalue weighted by molar-refractivity contribution is 0.112. The van der Waals surface area contributed by atoms with Gasteiger partial charge in [0.2, 0.25) is 0 Å². The molecule has 1 heterocycles. The minimum absolute atomic E-state index is 0.748. The van der Waals surface area contributed by atoms with Gasteiger partial charge < -0.3 is 4.57 Å². The van der Waals surface area contributed by atoms with Crippen molar-refractivity contribution in [3.05, 3.63) is 70.9 Å². The predicted molar refractivity (Wildman–Crippen MR) is 82.3 cm³/mol. The molecule has 0 spiro atoms. The van der Waals surface area contributed by atoms with E-state index < -0.39 is 0 Å². The van der Waals surface area contributed by atoms with Crippen LogP contribution in [0.15, 0.2) is 48.7 Å². The fourth-order valence-electron chi connectivity index (χ4n) is 2.67. The molecule has 0 amide bonds. The van der Waals surface area contributed by atoms with Crippen molar-refractivity contribution >= 4 is 17.2 Å². The molecular weight excluding hydrogens is 246 g/mol. The molecule has 0 aliphatic carbocycles. The Kier molecular flexibility index (Phi) is 3.15. The first-order valence-electron chi connectivity index (χ1n) is 6.78. The van der Waals surface area contributed by atoms with Crippen LogP contribution in [0.5, 0.6) is 0 Å². The summed E-state index contributed by atoms with van der Waals surface area (Å²) in [6.07, 6.45) is 2.99. The molecule has 0 aliphatic rings. The second-order valence-electron chi connectivity index (χ2n) is 5.28. The van der Waals surface area contributed by atoms with Gasteiger partial charge in [0.05, 0.1) is 5.52 Å². The van der Waals surface area contributed by atoms with Gasteiger partial charge in [0, 0.05) is 23.7 Å². The van der Waals surface area contributed by atoms with Crippen molar-refractivity contribution < 1.29 is 4.79 Å². The van der Waals surface area contributed by atoms with Crippen LogP contribution in [0.3, 0.4) is 0 Å². The van der Waals surface area contributed by atoms with Crippen molar-refractivity contribution in [2.45, 2.75) is 20.4 Å². The molecule has 2 nitrogen and oxygen atoms in total. The lowest BCUT2D eigenvalue weighted by Gasteiger charge is -2.11. The van der Waals surface area contributed by atoms with E-state index in [1.165, 1.54) is 16.7 Å². The highest BCUT2D eigenvalue weighted by Gasteiger charge is 2.07. The number of benzene rings is 2. The number of para-hydroxylation sites is 1. The topological polar surface area (TPSA) is 22.0 Å². The van der Waals surface area contributed by atoms with Gasteiger partial charge in [-0.1, -0.05) is 35.9 Å². The molecule has 0 fully saturated rings. The molecule has 0 aliphatic heterocycles. The maximum absolute atomic E-state index is 11.2. The van der Waals surface area contributed by atoms with Crippen molar-refractivity contribution in [3.63, 3.8) is 0 Å². The van der Waals surface area contributed by atoms with Gasteiger partial charge in [-0.3, -0.25) is 4.79 Å². The zero-order valence-corrected chi connectivity index (χ0v) is 11.8. The van der Waals surface area contributed by atoms with Gasteiger partial charge in [0.15, 0.2) is 6.29 Å². The number of rotatable bonds is 3. The number of hydrogen-bond acceptors (Lipinski definition) is 1. The van der Waals surface area contributed by atoms with Gasteiger partial charge in [-0.2, -0.15) is 0 Å². The first-order valence-corrected chi connectivity index (χ1v) is 6.78. The van der Waals surface area contributed by atoms with Crippen LogP contribution in [0.25, 0.3) is 10.9 Å². The van der Waals surface area contributed by atoms with Gasteiger partial charge in [0.25, 0.3) is 0 Å². The lowest BCUT2D eigenvalue weighted by Crippen LogP contribution is -2.02. The first-order chi connectivity index (χ1) is 9.69. The number of aryl methyl sites for hydroxylation is 2. The van der Waals surface area contributed by atoms with Crippen LogP contribution < -0.4 is 0 Å². The summed E-state index contributed by atoms with van der Waals surface area (Å²) in [6, 6.07) is 14.4. The number of fused-ring (bicyclic) bond motifs is 1. The average Bonchev–Trinajstić information content (AvgIpc) is 2.86. The molecule has 3 rings (SSSR count). The molecule has 2 aromatic carbocycles. The third-order valence-electron chi connectivity index (χ3n) is 3.79. The van der Waals surface area contributed by atoms with Crippen molar-refractivity contribution in [3.8, 4) is 0 Å². The Morgan fingerprint density at radius 1 is 1.10 bits per heavy atom. The molecule has 0 N–H and O–H groups in total. The van der Waals surface area contributed by atoms with E-state index >= 15 is 0 Å². The first kappa shape index (κ1) is 12.7. The van der Waals surface area contributed by atoms with Crippen molar-refractivity contribution in [1.82, 2.24) is 4.57 Å². The molecule has 1 aromatic heterocycles. The molecule has 0 saturated heterocycles. The summed E-state index contributed by atoms with van der Waals surface area (Å²) in [4.78, 5) is 11.2. The average molecular weight is 263 g/mol. The number of carbonyl (C=O) groups excluding carboxylic acids is 1. The van der Waals surface area contributed by atoms with E-state index in [0.717, 1.165) is 29.3 Å². The van der Waals surface area contributed by atoms with E-state index in [4.69, 9.17) is 0 Å². The fourth-order valence-corrected chi connectivity index (χ4v) is 2.67. The molecular formula is C18H17NO. The summed E-state index contributed by atoms with van der Waals surface area (Å²) >= 11 is 0. The summed E-state index contributed by atoms with van der Waals surface area (Å²) in [7, 11) is 0. The molecule has 2 heteroatoms. The molecule has 0 saturated carbocycles. The van der Waals surface area contributed by atoms with Gasteiger partial charge in [-0.05, 0) is 37.1 Å². The van der Waals surface area contributed by atoms with E-state index in [2.05, 4.69) is 48.9 Å². The summed E-state index contributed by atoms with van der Waals surface area (Å²) in [5, 5.41) is 1.11. The third kappa shape index (κ3) is 2.14. The summed E-state index contributed by atoms with van der Waals surface area (Å²) in [5.74, 6) is 0. The van der Waals surface area contributed by atoms with Gasteiger partial charge in [-0.15, -0.1) is 0 Å². The number of aromatic nitrogens is 1. The molecule has 20 heavy (non-hydrogen) atoms. The van der Waals surface area contributed by atoms with Crippen LogP contribution in [0.4, 0.5) is 0 Å². The quantitative estimate of drug-likeness (QED) is 0.651. The Bertz CT molecular complexity index is 783. The summed E-state index contributed by atoms with van der Waals surface area (Å²) < 4.78 is 2.15. The van der Waals surface area contributed by atoms with Crippen LogP contribution in [-0.4, -0.2) is 10.9 Å². The van der Waals surface area contributed by atoms with Crippen LogP contribution >= 0.6 is 0 Å². The predicted octanol–water partition coefficient (Wildman–Crippen LogP) is 4.12. The number of carbonyl (C=O) groups is 1. The van der Waals surface area contributed by atoms with E-state index in [1.807, 2.05) is 18.2 Å². The largest absolute Gasteiger partial charge is 0.342 e. The molecule has 3 aromatic rings. The summed E-state index contributed by atoms with van der Waals surface area (Å²) in [6.45, 7) is 5.02. The Hall–Kier alpha value is -2.35. The highest BCUT2D eigenvalue weighted by atomic mass is 16.1. The molecule has 0 atom stereocenters. The Morgan fingerprint density at radius 2 is 1.95 bits per heavy atom. The zero-order chi connectivity index (χ0) is 14.1. The van der Waals surface area contributed by atoms with E-state index in [-0.39, 0.29) is 0 Å². The van der Waals surface area contributed by atoms with Crippen LogP contribution in [0, 0.1) is 13.8 Å². The lowest BCUT2D eigenvalue weighted by atomic mass is 10.1. The summed E-state index contributed by atoms with van der Waals surface area (Å²) in [5.41, 5.74) is 5.60.